The molecule has 90 valence electrons. The highest BCUT2D eigenvalue weighted by Crippen LogP contribution is 2.16. The first-order chi connectivity index (χ1) is 8.17. The second-order valence-electron chi connectivity index (χ2n) is 3.84. The van der Waals surface area contributed by atoms with E-state index in [1.807, 2.05) is 19.9 Å². The van der Waals surface area contributed by atoms with Crippen molar-refractivity contribution in [1.82, 2.24) is 19.7 Å². The quantitative estimate of drug-likeness (QED) is 0.818. The summed E-state index contributed by atoms with van der Waals surface area (Å²) in [7, 11) is 0. The van der Waals surface area contributed by atoms with Gasteiger partial charge < -0.3 is 0 Å². The third-order valence-electron chi connectivity index (χ3n) is 2.70. The van der Waals surface area contributed by atoms with Crippen molar-refractivity contribution in [2.24, 2.45) is 0 Å². The first-order valence-electron chi connectivity index (χ1n) is 5.72. The Balaban J connectivity index is 2.59. The Morgan fingerprint density at radius 2 is 2.00 bits per heavy atom. The van der Waals surface area contributed by atoms with Gasteiger partial charge >= 0.3 is 0 Å². The summed E-state index contributed by atoms with van der Waals surface area (Å²) in [6.45, 7) is 5.66. The first-order valence-corrected chi connectivity index (χ1v) is 5.72. The molecule has 0 atom stereocenters. The van der Waals surface area contributed by atoms with E-state index in [0.717, 1.165) is 24.2 Å². The first kappa shape index (κ1) is 11.7. The monoisotopic (exact) mass is 234 g/mol. The van der Waals surface area contributed by atoms with Crippen LogP contribution >= 0.6 is 0 Å². The molecule has 0 N–H and O–H groups in total. The number of hydrogen-bond acceptors (Lipinski definition) is 3. The standard InChI is InChI=1S/C12H15FN4/c1-4-9-6-10(5-2)17(16-9)12-11(13)8(3)14-7-15-12/h6-7H,4-5H2,1-3H3. The molecule has 2 heterocycles. The lowest BCUT2D eigenvalue weighted by Gasteiger charge is -2.06. The van der Waals surface area contributed by atoms with Crippen molar-refractivity contribution in [3.8, 4) is 5.82 Å². The van der Waals surface area contributed by atoms with E-state index in [2.05, 4.69) is 15.1 Å². The zero-order valence-corrected chi connectivity index (χ0v) is 10.2. The normalized spacial score (nSPS) is 10.8. The van der Waals surface area contributed by atoms with Gasteiger partial charge in [-0.15, -0.1) is 0 Å². The predicted molar refractivity (Wildman–Crippen MR) is 62.6 cm³/mol. The molecule has 0 saturated heterocycles. The van der Waals surface area contributed by atoms with Gasteiger partial charge in [-0.2, -0.15) is 5.10 Å². The number of hydrogen-bond donors (Lipinski definition) is 0. The Morgan fingerprint density at radius 3 is 2.65 bits per heavy atom. The number of halogens is 1. The van der Waals surface area contributed by atoms with E-state index in [1.165, 1.54) is 6.33 Å². The molecule has 0 aliphatic rings. The molecule has 17 heavy (non-hydrogen) atoms. The molecule has 2 aromatic rings. The van der Waals surface area contributed by atoms with Crippen LogP contribution in [0.4, 0.5) is 4.39 Å². The Labute approximate surface area is 99.5 Å². The molecule has 0 fully saturated rings. The molecular formula is C12H15FN4. The summed E-state index contributed by atoms with van der Waals surface area (Å²) in [4.78, 5) is 7.80. The molecule has 0 saturated carbocycles. The van der Waals surface area contributed by atoms with Crippen LogP contribution in [0.5, 0.6) is 0 Å². The molecule has 2 rings (SSSR count). The van der Waals surface area contributed by atoms with Crippen LogP contribution in [0.2, 0.25) is 0 Å². The van der Waals surface area contributed by atoms with E-state index in [4.69, 9.17) is 0 Å². The summed E-state index contributed by atoms with van der Waals surface area (Å²) in [5.74, 6) is -0.179. The Morgan fingerprint density at radius 1 is 1.24 bits per heavy atom. The van der Waals surface area contributed by atoms with Crippen molar-refractivity contribution in [3.05, 3.63) is 35.3 Å². The SMILES string of the molecule is CCc1cc(CC)n(-c2ncnc(C)c2F)n1. The van der Waals surface area contributed by atoms with Crippen molar-refractivity contribution in [3.63, 3.8) is 0 Å². The minimum absolute atomic E-state index is 0.231. The van der Waals surface area contributed by atoms with E-state index >= 15 is 0 Å². The van der Waals surface area contributed by atoms with Gasteiger partial charge in [-0.3, -0.25) is 0 Å². The highest BCUT2D eigenvalue weighted by molar-refractivity contribution is 5.29. The molecule has 4 nitrogen and oxygen atoms in total. The summed E-state index contributed by atoms with van der Waals surface area (Å²) in [6, 6.07) is 1.98. The summed E-state index contributed by atoms with van der Waals surface area (Å²) >= 11 is 0. The minimum atomic E-state index is -0.409. The maximum atomic E-state index is 13.9. The fraction of sp³-hybridized carbons (Fsp3) is 0.417. The largest absolute Gasteiger partial charge is 0.238 e. The molecule has 0 spiro atoms. The average molecular weight is 234 g/mol. The van der Waals surface area contributed by atoms with E-state index in [1.54, 1.807) is 11.6 Å². The van der Waals surface area contributed by atoms with Crippen LogP contribution in [0.1, 0.15) is 30.9 Å². The summed E-state index contributed by atoms with van der Waals surface area (Å²) in [5, 5.41) is 4.36. The molecule has 5 heteroatoms. The highest BCUT2D eigenvalue weighted by Gasteiger charge is 2.14. The lowest BCUT2D eigenvalue weighted by atomic mass is 10.2. The summed E-state index contributed by atoms with van der Waals surface area (Å²) in [6.07, 6.45) is 2.97. The molecule has 0 bridgehead atoms. The van der Waals surface area contributed by atoms with E-state index in [0.29, 0.717) is 5.69 Å². The van der Waals surface area contributed by atoms with Gasteiger partial charge in [-0.1, -0.05) is 13.8 Å². The number of aromatic nitrogens is 4. The maximum absolute atomic E-state index is 13.9. The van der Waals surface area contributed by atoms with Gasteiger partial charge in [0.25, 0.3) is 0 Å². The zero-order valence-electron chi connectivity index (χ0n) is 10.2. The van der Waals surface area contributed by atoms with Crippen LogP contribution in [-0.2, 0) is 12.8 Å². The molecule has 2 aromatic heterocycles. The second kappa shape index (κ2) is 4.61. The van der Waals surface area contributed by atoms with Gasteiger partial charge in [0.15, 0.2) is 11.6 Å². The molecule has 0 radical (unpaired) electrons. The second-order valence-corrected chi connectivity index (χ2v) is 3.84. The fourth-order valence-electron chi connectivity index (χ4n) is 1.68. The summed E-state index contributed by atoms with van der Waals surface area (Å²) in [5.41, 5.74) is 2.24. The Kier molecular flexibility index (Phi) is 3.17. The van der Waals surface area contributed by atoms with Crippen LogP contribution in [0, 0.1) is 12.7 Å². The maximum Gasteiger partial charge on any atom is 0.193 e. The molecule has 0 aliphatic carbocycles. The number of aryl methyl sites for hydroxylation is 3. The third kappa shape index (κ3) is 2.05. The van der Waals surface area contributed by atoms with Crippen LogP contribution in [0.15, 0.2) is 12.4 Å². The molecule has 0 aliphatic heterocycles. The predicted octanol–water partition coefficient (Wildman–Crippen LogP) is 2.23. The lowest BCUT2D eigenvalue weighted by molar-refractivity contribution is 0.576. The zero-order chi connectivity index (χ0) is 12.4. The van der Waals surface area contributed by atoms with Crippen molar-refractivity contribution in [1.29, 1.82) is 0 Å². The van der Waals surface area contributed by atoms with Gasteiger partial charge in [0.1, 0.15) is 6.33 Å². The van der Waals surface area contributed by atoms with E-state index < -0.39 is 5.82 Å². The van der Waals surface area contributed by atoms with Gasteiger partial charge in [0, 0.05) is 5.69 Å². The molecule has 0 amide bonds. The average Bonchev–Trinajstić information content (AvgIpc) is 2.76. The fourth-order valence-corrected chi connectivity index (χ4v) is 1.68. The highest BCUT2D eigenvalue weighted by atomic mass is 19.1. The van der Waals surface area contributed by atoms with Crippen LogP contribution in [0.3, 0.4) is 0 Å². The van der Waals surface area contributed by atoms with Gasteiger partial charge in [0.05, 0.1) is 11.4 Å². The topological polar surface area (TPSA) is 43.6 Å². The Bertz CT molecular complexity index is 533. The smallest absolute Gasteiger partial charge is 0.193 e. The van der Waals surface area contributed by atoms with Crippen molar-refractivity contribution >= 4 is 0 Å². The third-order valence-corrected chi connectivity index (χ3v) is 2.70. The van der Waals surface area contributed by atoms with Gasteiger partial charge in [-0.05, 0) is 25.8 Å². The minimum Gasteiger partial charge on any atom is -0.238 e. The van der Waals surface area contributed by atoms with Gasteiger partial charge in [-0.25, -0.2) is 19.0 Å². The molecular weight excluding hydrogens is 219 g/mol. The molecule has 0 aromatic carbocycles. The van der Waals surface area contributed by atoms with E-state index in [9.17, 15) is 4.39 Å². The van der Waals surface area contributed by atoms with Gasteiger partial charge in [0.2, 0.25) is 0 Å². The lowest BCUT2D eigenvalue weighted by Crippen LogP contribution is -2.08. The van der Waals surface area contributed by atoms with Crippen molar-refractivity contribution in [2.45, 2.75) is 33.6 Å². The van der Waals surface area contributed by atoms with Crippen molar-refractivity contribution in [2.75, 3.05) is 0 Å². The van der Waals surface area contributed by atoms with Crippen LogP contribution in [-0.4, -0.2) is 19.7 Å². The number of rotatable bonds is 3. The molecule has 0 unspecified atom stereocenters. The van der Waals surface area contributed by atoms with Crippen molar-refractivity contribution < 1.29 is 4.39 Å². The summed E-state index contributed by atoms with van der Waals surface area (Å²) < 4.78 is 15.5. The van der Waals surface area contributed by atoms with E-state index in [-0.39, 0.29) is 5.82 Å². The Hall–Kier alpha value is -1.78. The van der Waals surface area contributed by atoms with Crippen LogP contribution < -0.4 is 0 Å². The van der Waals surface area contributed by atoms with Crippen LogP contribution in [0.25, 0.3) is 5.82 Å². The number of nitrogens with zero attached hydrogens (tertiary/aromatic N) is 4.